The van der Waals surface area contributed by atoms with E-state index in [1.165, 1.54) is 7.11 Å². The Bertz CT molecular complexity index is 2010. The molecular formula is C39H45N7O7. The third-order valence-electron chi connectivity index (χ3n) is 9.24. The first-order chi connectivity index (χ1) is 25.6. The molecule has 4 aromatic rings. The molecule has 14 heteroatoms. The number of ether oxygens (including phenoxy) is 3. The van der Waals surface area contributed by atoms with Crippen LogP contribution in [-0.2, 0) is 23.6 Å². The van der Waals surface area contributed by atoms with Gasteiger partial charge in [0.15, 0.2) is 11.5 Å². The van der Waals surface area contributed by atoms with Crippen LogP contribution in [-0.4, -0.2) is 89.9 Å². The molecule has 2 aromatic heterocycles. The highest BCUT2D eigenvalue weighted by atomic mass is 16.5. The predicted octanol–water partition coefficient (Wildman–Crippen LogP) is 5.18. The summed E-state index contributed by atoms with van der Waals surface area (Å²) in [5.74, 6) is -0.126. The first-order valence-corrected chi connectivity index (χ1v) is 17.8. The van der Waals surface area contributed by atoms with E-state index >= 15 is 0 Å². The highest BCUT2D eigenvalue weighted by molar-refractivity contribution is 6.05. The molecule has 0 radical (unpaired) electrons. The lowest BCUT2D eigenvalue weighted by Gasteiger charge is -2.20. The number of nitrogens with zero attached hydrogens (tertiary/aromatic N) is 4. The Kier molecular flexibility index (Phi) is 11.6. The van der Waals surface area contributed by atoms with Crippen LogP contribution in [0.2, 0.25) is 0 Å². The summed E-state index contributed by atoms with van der Waals surface area (Å²) in [5, 5.41) is 8.87. The molecule has 2 aliphatic rings. The zero-order valence-electron chi connectivity index (χ0n) is 30.4. The zero-order chi connectivity index (χ0) is 37.5. The van der Waals surface area contributed by atoms with E-state index in [1.807, 2.05) is 36.4 Å². The number of aromatic nitrogens is 2. The van der Waals surface area contributed by atoms with E-state index in [9.17, 15) is 19.2 Å². The summed E-state index contributed by atoms with van der Waals surface area (Å²) in [4.78, 5) is 58.0. The van der Waals surface area contributed by atoms with E-state index in [1.54, 1.807) is 65.8 Å². The van der Waals surface area contributed by atoms with Crippen LogP contribution in [0.3, 0.4) is 0 Å². The first kappa shape index (κ1) is 36.9. The number of aliphatic imine (C=N–C) groups is 1. The molecule has 278 valence electrons. The van der Waals surface area contributed by atoms with Crippen molar-refractivity contribution >= 4 is 47.0 Å². The number of esters is 1. The Morgan fingerprint density at radius 3 is 2.47 bits per heavy atom. The molecule has 3 amide bonds. The van der Waals surface area contributed by atoms with Crippen LogP contribution in [0.15, 0.2) is 65.9 Å². The van der Waals surface area contributed by atoms with Crippen LogP contribution in [0.1, 0.15) is 63.9 Å². The lowest BCUT2D eigenvalue weighted by Crippen LogP contribution is -2.35. The fourth-order valence-corrected chi connectivity index (χ4v) is 6.45. The van der Waals surface area contributed by atoms with Crippen molar-refractivity contribution in [2.24, 2.45) is 19.1 Å². The van der Waals surface area contributed by atoms with Crippen LogP contribution in [0.25, 0.3) is 11.1 Å². The Morgan fingerprint density at radius 1 is 0.906 bits per heavy atom. The van der Waals surface area contributed by atoms with E-state index in [-0.39, 0.29) is 42.8 Å². The second kappa shape index (κ2) is 16.6. The minimum Gasteiger partial charge on any atom is -0.493 e. The van der Waals surface area contributed by atoms with Gasteiger partial charge in [0.05, 0.1) is 36.7 Å². The second-order valence-electron chi connectivity index (χ2n) is 13.0. The number of carbonyl (C=O) groups is 4. The third kappa shape index (κ3) is 8.60. The molecule has 0 spiro atoms. The van der Waals surface area contributed by atoms with Crippen molar-refractivity contribution in [3.8, 4) is 22.6 Å². The molecule has 1 atom stereocenters. The minimum atomic E-state index is -0.388. The second-order valence-corrected chi connectivity index (χ2v) is 13.0. The van der Waals surface area contributed by atoms with Crippen molar-refractivity contribution in [3.05, 3.63) is 77.9 Å². The van der Waals surface area contributed by atoms with Gasteiger partial charge in [-0.25, -0.2) is 4.79 Å². The summed E-state index contributed by atoms with van der Waals surface area (Å²) in [7, 11) is 5.05. The maximum atomic E-state index is 13.2. The van der Waals surface area contributed by atoms with E-state index in [0.717, 1.165) is 30.5 Å². The van der Waals surface area contributed by atoms with Crippen molar-refractivity contribution in [2.75, 3.05) is 50.6 Å². The van der Waals surface area contributed by atoms with Crippen molar-refractivity contribution < 1.29 is 33.4 Å². The molecular weight excluding hydrogens is 678 g/mol. The summed E-state index contributed by atoms with van der Waals surface area (Å²) >= 11 is 0. The number of carbonyl (C=O) groups excluding carboxylic acids is 4. The number of rotatable bonds is 15. The third-order valence-corrected chi connectivity index (χ3v) is 9.24. The van der Waals surface area contributed by atoms with E-state index in [0.29, 0.717) is 71.6 Å². The van der Waals surface area contributed by atoms with Crippen LogP contribution < -0.4 is 25.4 Å². The van der Waals surface area contributed by atoms with Crippen LogP contribution in [0.5, 0.6) is 11.5 Å². The molecule has 0 saturated carbocycles. The summed E-state index contributed by atoms with van der Waals surface area (Å²) < 4.78 is 20.2. The summed E-state index contributed by atoms with van der Waals surface area (Å²) in [6.45, 7) is 4.64. The average molecular weight is 724 g/mol. The number of benzene rings is 2. The quantitative estimate of drug-likeness (QED) is 0.112. The Balaban J connectivity index is 0.983. The maximum Gasteiger partial charge on any atom is 0.355 e. The largest absolute Gasteiger partial charge is 0.493 e. The number of nitrogens with one attached hydrogen (secondary N) is 3. The molecule has 1 saturated heterocycles. The molecule has 4 heterocycles. The van der Waals surface area contributed by atoms with Gasteiger partial charge in [0.2, 0.25) is 5.91 Å². The van der Waals surface area contributed by atoms with Gasteiger partial charge in [-0.1, -0.05) is 19.1 Å². The number of hydrogen-bond donors (Lipinski definition) is 3. The highest BCUT2D eigenvalue weighted by Crippen LogP contribution is 2.38. The lowest BCUT2D eigenvalue weighted by atomic mass is 10.1. The van der Waals surface area contributed by atoms with Gasteiger partial charge in [0.1, 0.15) is 18.0 Å². The normalized spacial score (nSPS) is 14.7. The van der Waals surface area contributed by atoms with Gasteiger partial charge >= 0.3 is 5.97 Å². The molecule has 53 heavy (non-hydrogen) atoms. The van der Waals surface area contributed by atoms with Crippen molar-refractivity contribution in [3.63, 3.8) is 0 Å². The van der Waals surface area contributed by atoms with E-state index in [4.69, 9.17) is 14.2 Å². The molecule has 2 aromatic carbocycles. The number of likely N-dealkylation sites (N-methyl/N-ethyl adjacent to an activating group) is 1. The van der Waals surface area contributed by atoms with Gasteiger partial charge < -0.3 is 44.2 Å². The number of hydrogen-bond acceptors (Lipinski definition) is 9. The molecule has 0 unspecified atom stereocenters. The Morgan fingerprint density at radius 2 is 1.70 bits per heavy atom. The fourth-order valence-electron chi connectivity index (χ4n) is 6.45. The van der Waals surface area contributed by atoms with Crippen LogP contribution >= 0.6 is 0 Å². The number of amides is 3. The van der Waals surface area contributed by atoms with Gasteiger partial charge in [0, 0.05) is 69.5 Å². The Labute approximate surface area is 308 Å². The zero-order valence-corrected chi connectivity index (χ0v) is 30.4. The summed E-state index contributed by atoms with van der Waals surface area (Å²) in [6.07, 6.45) is 7.82. The minimum absolute atomic E-state index is 0.00558. The lowest BCUT2D eigenvalue weighted by molar-refractivity contribution is -0.116. The van der Waals surface area contributed by atoms with Gasteiger partial charge in [-0.3, -0.25) is 19.4 Å². The van der Waals surface area contributed by atoms with Crippen molar-refractivity contribution in [2.45, 2.75) is 38.6 Å². The monoisotopic (exact) mass is 723 g/mol. The SMILES string of the molecule is CCNCCOC(=O)c1cc(-c2ccc(NC(=O)c3cc(NC(=O)CCCOc4cc5c(cc4OC)C(=O)N4CCC[C@@H]4C=N5)cn3C)cc2)cn1C. The van der Waals surface area contributed by atoms with Gasteiger partial charge in [-0.05, 0) is 61.7 Å². The molecule has 14 nitrogen and oxygen atoms in total. The standard InChI is InChI=1S/C39H45N7O7/c1-5-40-14-17-53-39(50)33-18-26(23-44(33)2)25-10-12-27(13-11-25)43-37(48)32-19-28(24-45(32)3)42-36(47)9-7-16-52-35-21-31-30(20-34(35)51-4)38(49)46-15-6-8-29(46)22-41-31/h10-13,18-24,29,40H,5-9,14-17H2,1-4H3,(H,42,47)(H,43,48)/t29-/m1/s1. The Hall–Kier alpha value is -5.89. The molecule has 6 rings (SSSR count). The van der Waals surface area contributed by atoms with Crippen molar-refractivity contribution in [1.82, 2.24) is 19.4 Å². The maximum absolute atomic E-state index is 13.2. The summed E-state index contributed by atoms with van der Waals surface area (Å²) in [5.41, 5.74) is 4.65. The smallest absolute Gasteiger partial charge is 0.355 e. The van der Waals surface area contributed by atoms with E-state index < -0.39 is 0 Å². The van der Waals surface area contributed by atoms with E-state index in [2.05, 4.69) is 20.9 Å². The summed E-state index contributed by atoms with van der Waals surface area (Å²) in [6, 6.07) is 14.1. The number of aryl methyl sites for hydroxylation is 2. The fraction of sp³-hybridized carbons (Fsp3) is 0.359. The molecule has 2 aliphatic heterocycles. The van der Waals surface area contributed by atoms with Gasteiger partial charge in [-0.2, -0.15) is 0 Å². The van der Waals surface area contributed by atoms with Crippen molar-refractivity contribution in [1.29, 1.82) is 0 Å². The first-order valence-electron chi connectivity index (χ1n) is 17.8. The average Bonchev–Trinajstić information content (AvgIpc) is 3.87. The predicted molar refractivity (Wildman–Crippen MR) is 202 cm³/mol. The molecule has 0 aliphatic carbocycles. The highest BCUT2D eigenvalue weighted by Gasteiger charge is 2.32. The molecule has 1 fully saturated rings. The molecule has 3 N–H and O–H groups in total. The van der Waals surface area contributed by atoms with Gasteiger partial charge in [0.25, 0.3) is 11.8 Å². The number of methoxy groups -OCH3 is 1. The molecule has 0 bridgehead atoms. The topological polar surface area (TPSA) is 158 Å². The number of fused-ring (bicyclic) bond motifs is 2. The number of anilines is 2. The van der Waals surface area contributed by atoms with Gasteiger partial charge in [-0.15, -0.1) is 0 Å². The van der Waals surface area contributed by atoms with Crippen LogP contribution in [0, 0.1) is 0 Å². The van der Waals surface area contributed by atoms with Crippen LogP contribution in [0.4, 0.5) is 17.1 Å².